The van der Waals surface area contributed by atoms with E-state index in [2.05, 4.69) is 10.1 Å². The molecule has 0 unspecified atom stereocenters. The molecule has 13 heteroatoms. The van der Waals surface area contributed by atoms with Gasteiger partial charge in [-0.3, -0.25) is 9.13 Å². The fourth-order valence-electron chi connectivity index (χ4n) is 3.95. The average Bonchev–Trinajstić information content (AvgIpc) is 3.22. The molecule has 2 aliphatic rings. The zero-order valence-corrected chi connectivity index (χ0v) is 23.5. The lowest BCUT2D eigenvalue weighted by molar-refractivity contribution is -0.284. The van der Waals surface area contributed by atoms with Crippen molar-refractivity contribution in [1.29, 1.82) is 0 Å². The van der Waals surface area contributed by atoms with Gasteiger partial charge in [0, 0.05) is 27.6 Å². The van der Waals surface area contributed by atoms with Gasteiger partial charge in [0.15, 0.2) is 5.82 Å². The van der Waals surface area contributed by atoms with Crippen LogP contribution in [0.5, 0.6) is 0 Å². The minimum Gasteiger partial charge on any atom is -0.312 e. The zero-order chi connectivity index (χ0) is 28.4. The number of rotatable bonds is 10. The molecule has 4 rings (SSSR count). The predicted octanol–water partition coefficient (Wildman–Crippen LogP) is 7.15. The van der Waals surface area contributed by atoms with Crippen LogP contribution in [0.25, 0.3) is 5.69 Å². The number of hydrogen-bond acceptors (Lipinski definition) is 5. The maximum absolute atomic E-state index is 14.5. The first-order valence-electron chi connectivity index (χ1n) is 11.9. The van der Waals surface area contributed by atoms with Crippen LogP contribution in [0, 0.1) is 13.8 Å². The summed E-state index contributed by atoms with van der Waals surface area (Å²) in [4.78, 5) is 18.0. The van der Waals surface area contributed by atoms with Crippen LogP contribution in [0.4, 0.5) is 27.8 Å². The molecule has 0 saturated carbocycles. The summed E-state index contributed by atoms with van der Waals surface area (Å²) in [5, 5.41) is 4.09. The highest BCUT2D eigenvalue weighted by Gasteiger charge is 2.56. The molecule has 0 amide bonds. The summed E-state index contributed by atoms with van der Waals surface area (Å²) in [7, 11) is -3.51. The van der Waals surface area contributed by atoms with Crippen LogP contribution in [0.2, 0.25) is 0 Å². The summed E-state index contributed by atoms with van der Waals surface area (Å²) in [6.45, 7) is 3.58. The molecule has 39 heavy (non-hydrogen) atoms. The van der Waals surface area contributed by atoms with E-state index in [1.54, 1.807) is 67.6 Å². The van der Waals surface area contributed by atoms with Crippen molar-refractivity contribution in [3.63, 3.8) is 0 Å². The van der Waals surface area contributed by atoms with Crippen LogP contribution < -0.4 is 21.4 Å². The smallest absolute Gasteiger partial charge is 0.312 e. The van der Waals surface area contributed by atoms with Crippen molar-refractivity contribution in [2.75, 3.05) is 10.8 Å². The second kappa shape index (κ2) is 11.4. The Labute approximate surface area is 230 Å². The lowest BCUT2D eigenvalue weighted by atomic mass is 10.1. The third-order valence-corrected chi connectivity index (χ3v) is 11.3. The van der Waals surface area contributed by atoms with Gasteiger partial charge in [0.2, 0.25) is 7.29 Å². The van der Waals surface area contributed by atoms with Crippen LogP contribution in [0.15, 0.2) is 69.7 Å². The molecular weight excluding hydrogens is 576 g/mol. The van der Waals surface area contributed by atoms with Gasteiger partial charge in [-0.05, 0) is 56.7 Å². The van der Waals surface area contributed by atoms with Crippen molar-refractivity contribution in [3.05, 3.63) is 81.7 Å². The number of thioether (sulfide) groups is 1. The molecule has 2 aromatic carbocycles. The fraction of sp³-hybridized carbons (Fsp3) is 0.308. The van der Waals surface area contributed by atoms with Crippen molar-refractivity contribution in [3.8, 4) is 5.69 Å². The molecule has 0 spiro atoms. The minimum absolute atomic E-state index is 0.107. The Balaban J connectivity index is 1.67. The topological polar surface area (TPSA) is 64.0 Å². The first-order valence-corrected chi connectivity index (χ1v) is 15.5. The number of nitrogens with zero attached hydrogens (tertiary/aromatic N) is 2. The van der Waals surface area contributed by atoms with Gasteiger partial charge in [0.05, 0.1) is 4.21 Å². The monoisotopic (exact) mass is 601 g/mol. The lowest BCUT2D eigenvalue weighted by Crippen LogP contribution is -2.36. The highest BCUT2D eigenvalue weighted by Crippen LogP contribution is 2.47. The number of anilines is 1. The maximum Gasteiger partial charge on any atom is 0.453 e. The molecule has 5 nitrogen and oxygen atoms in total. The lowest BCUT2D eigenvalue weighted by Gasteiger charge is -2.22. The van der Waals surface area contributed by atoms with Crippen LogP contribution in [0.3, 0.4) is 0 Å². The van der Waals surface area contributed by atoms with E-state index in [1.807, 2.05) is 6.92 Å². The van der Waals surface area contributed by atoms with Gasteiger partial charge in [0.1, 0.15) is 5.69 Å². The van der Waals surface area contributed by atoms with Crippen LogP contribution in [0.1, 0.15) is 29.8 Å². The third-order valence-electron chi connectivity index (χ3n) is 6.17. The van der Waals surface area contributed by atoms with Crippen molar-refractivity contribution in [2.45, 2.75) is 49.4 Å². The predicted molar refractivity (Wildman–Crippen MR) is 147 cm³/mol. The Bertz CT molecular complexity index is 1460. The van der Waals surface area contributed by atoms with E-state index in [1.165, 1.54) is 27.7 Å². The molecule has 0 saturated heterocycles. The molecular formula is C26H25F5N3O2PS2. The summed E-state index contributed by atoms with van der Waals surface area (Å²) in [5.41, 5.74) is 0.468. The van der Waals surface area contributed by atoms with E-state index in [0.717, 1.165) is 4.88 Å². The molecule has 208 valence electrons. The molecule has 0 bridgehead atoms. The van der Waals surface area contributed by atoms with Crippen molar-refractivity contribution < 1.29 is 26.5 Å². The van der Waals surface area contributed by atoms with Crippen LogP contribution >= 0.6 is 30.4 Å². The Kier molecular flexibility index (Phi) is 8.58. The van der Waals surface area contributed by atoms with Crippen LogP contribution in [-0.4, -0.2) is 27.4 Å². The highest BCUT2D eigenvalue weighted by atomic mass is 32.2. The second-order valence-corrected chi connectivity index (χ2v) is 13.9. The van der Waals surface area contributed by atoms with Crippen molar-refractivity contribution in [1.82, 2.24) is 9.55 Å². The van der Waals surface area contributed by atoms with Gasteiger partial charge in [0.25, 0.3) is 0 Å². The van der Waals surface area contributed by atoms with Gasteiger partial charge in [-0.2, -0.15) is 26.9 Å². The second-order valence-electron chi connectivity index (χ2n) is 8.86. The summed E-state index contributed by atoms with van der Waals surface area (Å²) in [6.07, 6.45) is -7.07. The first-order chi connectivity index (χ1) is 18.3. The summed E-state index contributed by atoms with van der Waals surface area (Å²) in [6, 6.07) is 17.5. The molecule has 2 heterocycles. The number of benzene rings is 2. The van der Waals surface area contributed by atoms with Gasteiger partial charge < -0.3 is 5.09 Å². The number of unbranched alkanes of at least 4 members (excludes halogenated alkanes) is 1. The molecule has 0 aliphatic carbocycles. The summed E-state index contributed by atoms with van der Waals surface area (Å²) < 4.78 is 80.5. The number of hydrogen-bond donors (Lipinski definition) is 1. The molecule has 0 aromatic heterocycles. The van der Waals surface area contributed by atoms with Crippen molar-refractivity contribution in [2.24, 2.45) is 0 Å². The molecule has 2 aromatic rings. The number of aromatic nitrogens is 2. The minimum atomic E-state index is -5.57. The number of nitrogens with one attached hydrogen (secondary N) is 1. The summed E-state index contributed by atoms with van der Waals surface area (Å²) in [5.74, 6) is -4.37. The average molecular weight is 602 g/mol. The molecule has 2 aliphatic heterocycles. The Morgan fingerprint density at radius 1 is 0.949 bits per heavy atom. The van der Waals surface area contributed by atoms with E-state index >= 15 is 0 Å². The quantitative estimate of drug-likeness (QED) is 0.0906. The van der Waals surface area contributed by atoms with E-state index < -0.39 is 31.5 Å². The van der Waals surface area contributed by atoms with Gasteiger partial charge in [-0.15, -0.1) is 23.1 Å². The van der Waals surface area contributed by atoms with E-state index in [-0.39, 0.29) is 24.4 Å². The molecule has 0 atom stereocenters. The Hall–Kier alpha value is -2.69. The SMILES string of the molecule is Cc1sc(SCCCCC(F)(F)C(F)(F)F)c2c(NP(=O)(c3ccccc3)c3ccccc3)nc(=O)n-2c1C. The molecule has 0 fully saturated rings. The number of halogens is 5. The third kappa shape index (κ3) is 6.07. The zero-order valence-electron chi connectivity index (χ0n) is 21.0. The first kappa shape index (κ1) is 29.3. The number of aryl methyl sites for hydroxylation is 1. The number of alkyl halides is 5. The largest absolute Gasteiger partial charge is 0.453 e. The summed E-state index contributed by atoms with van der Waals surface area (Å²) >= 11 is 2.59. The highest BCUT2D eigenvalue weighted by molar-refractivity contribution is 8.01. The molecule has 0 radical (unpaired) electrons. The number of fused-ring (bicyclic) bond motifs is 1. The van der Waals surface area contributed by atoms with Gasteiger partial charge in [-0.25, -0.2) is 4.79 Å². The van der Waals surface area contributed by atoms with Gasteiger partial charge in [-0.1, -0.05) is 36.4 Å². The van der Waals surface area contributed by atoms with Gasteiger partial charge >= 0.3 is 17.8 Å². The molecule has 1 N–H and O–H groups in total. The van der Waals surface area contributed by atoms with Crippen LogP contribution in [-0.2, 0) is 4.57 Å². The van der Waals surface area contributed by atoms with Crippen molar-refractivity contribution >= 4 is 46.8 Å². The standard InChI is InChI=1S/C26H25F5N3O2PS2/c1-17-18(2)39-23(38-16-10-9-15-25(27,28)26(29,30)31)21-22(32-24(35)34(17)21)33-37(36,19-11-5-3-6-12-19)20-13-7-4-8-14-20/h3-8,11-14H,9-10,15-16H2,1-2H3,(H,32,33,35,36). The number of imidazole rings is 1. The maximum atomic E-state index is 14.5. The Morgan fingerprint density at radius 3 is 2.05 bits per heavy atom. The normalized spacial score (nSPS) is 12.7. The fourth-order valence-corrected chi connectivity index (χ4v) is 8.67. The van der Waals surface area contributed by atoms with E-state index in [4.69, 9.17) is 0 Å². The van der Waals surface area contributed by atoms with E-state index in [0.29, 0.717) is 26.2 Å². The Morgan fingerprint density at radius 2 is 1.51 bits per heavy atom. The van der Waals surface area contributed by atoms with E-state index in [9.17, 15) is 31.3 Å².